The fourth-order valence-corrected chi connectivity index (χ4v) is 5.73. The van der Waals surface area contributed by atoms with Gasteiger partial charge in [0.1, 0.15) is 11.6 Å². The zero-order valence-electron chi connectivity index (χ0n) is 20.9. The summed E-state index contributed by atoms with van der Waals surface area (Å²) >= 11 is 0. The summed E-state index contributed by atoms with van der Waals surface area (Å²) in [5, 5.41) is 0. The van der Waals surface area contributed by atoms with Gasteiger partial charge in [-0.2, -0.15) is 0 Å². The fraction of sp³-hybridized carbons (Fsp3) is 0.379. The lowest BCUT2D eigenvalue weighted by atomic mass is 9.98. The van der Waals surface area contributed by atoms with Crippen molar-refractivity contribution in [2.45, 2.75) is 44.2 Å². The van der Waals surface area contributed by atoms with Gasteiger partial charge in [-0.15, -0.1) is 0 Å². The molecule has 2 fully saturated rings. The van der Waals surface area contributed by atoms with Crippen LogP contribution in [0.5, 0.6) is 0 Å². The van der Waals surface area contributed by atoms with Crippen LogP contribution in [0.1, 0.15) is 50.3 Å². The Morgan fingerprint density at radius 3 is 1.94 bits per heavy atom. The summed E-state index contributed by atoms with van der Waals surface area (Å²) in [7, 11) is 4.37. The first kappa shape index (κ1) is 22.3. The standard InChI is InChI=1S/C29H34N6/c1-29(15-5-17-35(29)3)28-31-19-25(33-28)23-13-9-21(10-14-23)20-7-11-22(12-8-20)24-18-30-27(32-24)26-6-4-16-34(26)2/h7-14,18-19,26H,4-6,15-17H2,1-3H3,(H,30,32)(H,31,33)/t26-,29-/m0/s1. The molecule has 35 heavy (non-hydrogen) atoms. The van der Waals surface area contributed by atoms with E-state index in [0.29, 0.717) is 6.04 Å². The van der Waals surface area contributed by atoms with Crippen molar-refractivity contribution in [2.24, 2.45) is 0 Å². The topological polar surface area (TPSA) is 63.8 Å². The van der Waals surface area contributed by atoms with E-state index in [-0.39, 0.29) is 5.54 Å². The fourth-order valence-electron chi connectivity index (χ4n) is 5.73. The van der Waals surface area contributed by atoms with E-state index in [4.69, 9.17) is 4.98 Å². The number of nitrogens with one attached hydrogen (secondary N) is 2. The SMILES string of the molecule is CN1CCC[C@H]1c1ncc(-c2ccc(-c3ccc(-c4cnc([C@]5(C)CCCN5C)[nH]4)cc3)cc2)[nH]1. The molecule has 0 saturated carbocycles. The third-order valence-corrected chi connectivity index (χ3v) is 8.24. The predicted octanol–water partition coefficient (Wildman–Crippen LogP) is 5.84. The molecule has 0 unspecified atom stereocenters. The van der Waals surface area contributed by atoms with E-state index in [2.05, 4.69) is 94.3 Å². The second-order valence-electron chi connectivity index (χ2n) is 10.4. The first-order valence-electron chi connectivity index (χ1n) is 12.7. The summed E-state index contributed by atoms with van der Waals surface area (Å²) in [6.07, 6.45) is 8.71. The third kappa shape index (κ3) is 4.01. The molecule has 6 nitrogen and oxygen atoms in total. The Morgan fingerprint density at radius 2 is 1.37 bits per heavy atom. The predicted molar refractivity (Wildman–Crippen MR) is 141 cm³/mol. The van der Waals surface area contributed by atoms with Gasteiger partial charge in [0.15, 0.2) is 0 Å². The van der Waals surface area contributed by atoms with Crippen molar-refractivity contribution in [1.29, 1.82) is 0 Å². The van der Waals surface area contributed by atoms with Crippen LogP contribution in [0, 0.1) is 0 Å². The summed E-state index contributed by atoms with van der Waals surface area (Å²) in [6, 6.07) is 17.9. The molecule has 4 aromatic rings. The van der Waals surface area contributed by atoms with E-state index in [0.717, 1.165) is 48.1 Å². The van der Waals surface area contributed by atoms with E-state index in [1.807, 2.05) is 12.4 Å². The molecule has 2 atom stereocenters. The Balaban J connectivity index is 1.17. The Hall–Kier alpha value is -3.22. The third-order valence-electron chi connectivity index (χ3n) is 8.24. The second-order valence-corrected chi connectivity index (χ2v) is 10.4. The van der Waals surface area contributed by atoms with E-state index >= 15 is 0 Å². The molecule has 2 aliphatic rings. The maximum absolute atomic E-state index is 4.74. The zero-order chi connectivity index (χ0) is 24.0. The largest absolute Gasteiger partial charge is 0.341 e. The smallest absolute Gasteiger partial charge is 0.126 e. The van der Waals surface area contributed by atoms with Gasteiger partial charge in [0.2, 0.25) is 0 Å². The van der Waals surface area contributed by atoms with Crippen LogP contribution in [0.3, 0.4) is 0 Å². The molecule has 6 heteroatoms. The molecule has 0 aliphatic carbocycles. The van der Waals surface area contributed by atoms with Crippen molar-refractivity contribution < 1.29 is 0 Å². The normalized spacial score (nSPS) is 23.3. The molecule has 180 valence electrons. The number of rotatable bonds is 5. The maximum atomic E-state index is 4.74. The van der Waals surface area contributed by atoms with E-state index in [9.17, 15) is 0 Å². The molecule has 6 rings (SSSR count). The highest BCUT2D eigenvalue weighted by Crippen LogP contribution is 2.36. The van der Waals surface area contributed by atoms with Gasteiger partial charge in [-0.3, -0.25) is 9.80 Å². The number of hydrogen-bond donors (Lipinski definition) is 2. The van der Waals surface area contributed by atoms with Gasteiger partial charge in [-0.1, -0.05) is 48.5 Å². The molecule has 4 heterocycles. The van der Waals surface area contributed by atoms with Crippen molar-refractivity contribution >= 4 is 0 Å². The number of hydrogen-bond acceptors (Lipinski definition) is 4. The maximum Gasteiger partial charge on any atom is 0.126 e. The van der Waals surface area contributed by atoms with Gasteiger partial charge in [0, 0.05) is 0 Å². The molecule has 0 radical (unpaired) electrons. The first-order valence-corrected chi connectivity index (χ1v) is 12.7. The Kier molecular flexibility index (Phi) is 5.58. The monoisotopic (exact) mass is 466 g/mol. The summed E-state index contributed by atoms with van der Waals surface area (Å²) in [5.74, 6) is 2.14. The minimum absolute atomic E-state index is 0.00236. The van der Waals surface area contributed by atoms with Gasteiger partial charge in [0.05, 0.1) is 35.4 Å². The van der Waals surface area contributed by atoms with Gasteiger partial charge in [-0.25, -0.2) is 9.97 Å². The molecule has 0 amide bonds. The number of likely N-dealkylation sites (tertiary alicyclic amines) is 2. The van der Waals surface area contributed by atoms with Crippen LogP contribution in [0.25, 0.3) is 33.6 Å². The lowest BCUT2D eigenvalue weighted by Crippen LogP contribution is -2.36. The van der Waals surface area contributed by atoms with Crippen molar-refractivity contribution in [2.75, 3.05) is 27.2 Å². The minimum Gasteiger partial charge on any atom is -0.341 e. The number of aromatic nitrogens is 4. The van der Waals surface area contributed by atoms with Crippen molar-refractivity contribution in [3.05, 3.63) is 72.6 Å². The van der Waals surface area contributed by atoms with Crippen molar-refractivity contribution in [1.82, 2.24) is 29.7 Å². The van der Waals surface area contributed by atoms with Gasteiger partial charge < -0.3 is 9.97 Å². The lowest BCUT2D eigenvalue weighted by Gasteiger charge is -2.30. The molecule has 2 N–H and O–H groups in total. The Bertz CT molecular complexity index is 1300. The summed E-state index contributed by atoms with van der Waals surface area (Å²) in [6.45, 7) is 4.55. The Morgan fingerprint density at radius 1 is 0.771 bits per heavy atom. The summed E-state index contributed by atoms with van der Waals surface area (Å²) in [4.78, 5) is 21.3. The van der Waals surface area contributed by atoms with Crippen LogP contribution in [0.2, 0.25) is 0 Å². The van der Waals surface area contributed by atoms with E-state index in [1.165, 1.54) is 36.0 Å². The number of aromatic amines is 2. The Labute approximate surface area is 207 Å². The van der Waals surface area contributed by atoms with Crippen LogP contribution < -0.4 is 0 Å². The van der Waals surface area contributed by atoms with Gasteiger partial charge >= 0.3 is 0 Å². The van der Waals surface area contributed by atoms with E-state index in [1.54, 1.807) is 0 Å². The lowest BCUT2D eigenvalue weighted by molar-refractivity contribution is 0.187. The van der Waals surface area contributed by atoms with Crippen LogP contribution in [0.4, 0.5) is 0 Å². The van der Waals surface area contributed by atoms with E-state index < -0.39 is 0 Å². The highest BCUT2D eigenvalue weighted by molar-refractivity contribution is 5.71. The molecule has 0 spiro atoms. The van der Waals surface area contributed by atoms with Crippen molar-refractivity contribution in [3.63, 3.8) is 0 Å². The minimum atomic E-state index is 0.00236. The molecule has 2 saturated heterocycles. The number of benzene rings is 2. The van der Waals surface area contributed by atoms with Crippen LogP contribution in [0.15, 0.2) is 60.9 Å². The summed E-state index contributed by atoms with van der Waals surface area (Å²) < 4.78 is 0. The molecule has 2 aliphatic heterocycles. The molecule has 2 aromatic heterocycles. The second kappa shape index (κ2) is 8.77. The molecule has 2 aromatic carbocycles. The van der Waals surface area contributed by atoms with Crippen LogP contribution >= 0.6 is 0 Å². The quantitative estimate of drug-likeness (QED) is 0.388. The molecule has 0 bridgehead atoms. The average Bonchev–Trinajstić information content (AvgIpc) is 3.68. The summed E-state index contributed by atoms with van der Waals surface area (Å²) in [5.41, 5.74) is 6.91. The van der Waals surface area contributed by atoms with Gasteiger partial charge in [-0.05, 0) is 82.0 Å². The average molecular weight is 467 g/mol. The number of imidazole rings is 2. The number of H-pyrrole nitrogens is 2. The zero-order valence-corrected chi connectivity index (χ0v) is 20.9. The number of nitrogens with zero attached hydrogens (tertiary/aromatic N) is 4. The molecular weight excluding hydrogens is 432 g/mol. The molecular formula is C29H34N6. The highest BCUT2D eigenvalue weighted by atomic mass is 15.2. The van der Waals surface area contributed by atoms with Crippen LogP contribution in [-0.2, 0) is 5.54 Å². The van der Waals surface area contributed by atoms with Gasteiger partial charge in [0.25, 0.3) is 0 Å². The van der Waals surface area contributed by atoms with Crippen molar-refractivity contribution in [3.8, 4) is 33.6 Å². The first-order chi connectivity index (χ1) is 17.0. The highest BCUT2D eigenvalue weighted by Gasteiger charge is 2.38. The van der Waals surface area contributed by atoms with Crippen LogP contribution in [-0.4, -0.2) is 56.9 Å².